The summed E-state index contributed by atoms with van der Waals surface area (Å²) >= 11 is 0. The van der Waals surface area contributed by atoms with Crippen molar-refractivity contribution in [1.29, 1.82) is 0 Å². The molecule has 0 radical (unpaired) electrons. The van der Waals surface area contributed by atoms with Crippen molar-refractivity contribution in [1.82, 2.24) is 0 Å². The number of rotatable bonds is 1. The molecule has 0 fully saturated rings. The first-order valence-corrected chi connectivity index (χ1v) is 4.30. The van der Waals surface area contributed by atoms with Crippen molar-refractivity contribution in [2.45, 2.75) is 6.42 Å². The van der Waals surface area contributed by atoms with Gasteiger partial charge in [-0.05, 0) is 23.8 Å². The van der Waals surface area contributed by atoms with Crippen molar-refractivity contribution in [2.24, 2.45) is 0 Å². The Morgan fingerprint density at radius 1 is 1.38 bits per heavy atom. The van der Waals surface area contributed by atoms with E-state index >= 15 is 0 Å². The Morgan fingerprint density at radius 3 is 3.00 bits per heavy atom. The monoisotopic (exact) mass is 169 g/mol. The van der Waals surface area contributed by atoms with Crippen LogP contribution in [0.4, 0.5) is 5.69 Å². The normalized spacial score (nSPS) is 16.2. The van der Waals surface area contributed by atoms with Crippen LogP contribution in [-0.4, -0.2) is 0 Å². The minimum Gasteiger partial charge on any atom is -0.358 e. The van der Waals surface area contributed by atoms with Crippen LogP contribution in [0.1, 0.15) is 5.56 Å². The minimum absolute atomic E-state index is 0.981. The lowest BCUT2D eigenvalue weighted by molar-refractivity contribution is 1.25. The van der Waals surface area contributed by atoms with Crippen LogP contribution in [-0.2, 0) is 6.42 Å². The Labute approximate surface area is 78.1 Å². The zero-order valence-corrected chi connectivity index (χ0v) is 7.38. The van der Waals surface area contributed by atoms with Crippen LogP contribution >= 0.6 is 0 Å². The number of benzene rings is 1. The predicted molar refractivity (Wildman–Crippen MR) is 55.6 cm³/mol. The molecule has 0 aromatic heterocycles. The summed E-state index contributed by atoms with van der Waals surface area (Å²) in [5.74, 6) is 0. The van der Waals surface area contributed by atoms with E-state index in [1.54, 1.807) is 0 Å². The molecule has 13 heavy (non-hydrogen) atoms. The molecule has 0 atom stereocenters. The third-order valence-electron chi connectivity index (χ3n) is 2.10. The van der Waals surface area contributed by atoms with E-state index in [0.29, 0.717) is 0 Å². The highest BCUT2D eigenvalue weighted by Crippen LogP contribution is 2.26. The van der Waals surface area contributed by atoms with Crippen molar-refractivity contribution in [3.63, 3.8) is 0 Å². The number of allylic oxidation sites excluding steroid dienone is 3. The van der Waals surface area contributed by atoms with E-state index in [0.717, 1.165) is 6.42 Å². The third kappa shape index (κ3) is 1.56. The van der Waals surface area contributed by atoms with Gasteiger partial charge in [-0.1, -0.05) is 24.8 Å². The fourth-order valence-corrected chi connectivity index (χ4v) is 1.48. The summed E-state index contributed by atoms with van der Waals surface area (Å²) in [6.07, 6.45) is 4.82. The second-order valence-corrected chi connectivity index (χ2v) is 3.02. The lowest BCUT2D eigenvalue weighted by Gasteiger charge is -1.96. The summed E-state index contributed by atoms with van der Waals surface area (Å²) in [7, 11) is 0. The number of anilines is 1. The summed E-state index contributed by atoms with van der Waals surface area (Å²) in [4.78, 5) is 0. The molecule has 0 amide bonds. The first-order valence-electron chi connectivity index (χ1n) is 4.30. The van der Waals surface area contributed by atoms with E-state index in [-0.39, 0.29) is 0 Å². The molecule has 1 aliphatic rings. The topological polar surface area (TPSA) is 12.0 Å². The van der Waals surface area contributed by atoms with Gasteiger partial charge in [0.2, 0.25) is 0 Å². The number of nitrogens with one attached hydrogen (secondary N) is 1. The van der Waals surface area contributed by atoms with Gasteiger partial charge in [-0.2, -0.15) is 0 Å². The van der Waals surface area contributed by atoms with Crippen molar-refractivity contribution in [2.75, 3.05) is 5.32 Å². The average Bonchev–Trinajstić information content (AvgIpc) is 2.57. The van der Waals surface area contributed by atoms with Gasteiger partial charge in [0, 0.05) is 17.8 Å². The fraction of sp³-hybridized carbons (Fsp3) is 0.0833. The number of hydrogen-bond acceptors (Lipinski definition) is 1. The first-order chi connectivity index (χ1) is 6.40. The number of para-hydroxylation sites is 1. The van der Waals surface area contributed by atoms with E-state index in [4.69, 9.17) is 0 Å². The molecule has 1 nitrogen and oxygen atoms in total. The molecule has 0 bridgehead atoms. The van der Waals surface area contributed by atoms with Gasteiger partial charge in [-0.25, -0.2) is 0 Å². The van der Waals surface area contributed by atoms with Crippen LogP contribution in [0.15, 0.2) is 54.4 Å². The van der Waals surface area contributed by atoms with E-state index in [2.05, 4.69) is 35.8 Å². The first kappa shape index (κ1) is 7.90. The van der Waals surface area contributed by atoms with Gasteiger partial charge in [-0.3, -0.25) is 0 Å². The van der Waals surface area contributed by atoms with Crippen LogP contribution in [0, 0.1) is 0 Å². The molecular formula is C12H11N. The van der Waals surface area contributed by atoms with Crippen molar-refractivity contribution in [3.8, 4) is 0 Å². The van der Waals surface area contributed by atoms with Crippen LogP contribution in [0.25, 0.3) is 0 Å². The van der Waals surface area contributed by atoms with Gasteiger partial charge in [0.25, 0.3) is 0 Å². The van der Waals surface area contributed by atoms with Gasteiger partial charge >= 0.3 is 0 Å². The molecule has 0 saturated carbocycles. The number of fused-ring (bicyclic) bond motifs is 1. The molecule has 1 aromatic rings. The van der Waals surface area contributed by atoms with Gasteiger partial charge < -0.3 is 5.32 Å². The third-order valence-corrected chi connectivity index (χ3v) is 2.10. The number of hydrogen-bond donors (Lipinski definition) is 1. The van der Waals surface area contributed by atoms with Crippen molar-refractivity contribution >= 4 is 5.69 Å². The van der Waals surface area contributed by atoms with Gasteiger partial charge in [0.05, 0.1) is 0 Å². The lowest BCUT2D eigenvalue weighted by Crippen LogP contribution is -1.89. The lowest BCUT2D eigenvalue weighted by atomic mass is 10.1. The Balaban J connectivity index is 2.27. The Bertz CT molecular complexity index is 368. The second kappa shape index (κ2) is 3.34. The molecule has 0 spiro atoms. The smallest absolute Gasteiger partial charge is 0.0418 e. The molecule has 1 aromatic carbocycles. The van der Waals surface area contributed by atoms with Crippen LogP contribution in [0.5, 0.6) is 0 Å². The molecule has 0 saturated heterocycles. The molecule has 0 aliphatic carbocycles. The molecule has 1 N–H and O–H groups in total. The minimum atomic E-state index is 0.981. The molecular weight excluding hydrogens is 158 g/mol. The zero-order chi connectivity index (χ0) is 9.10. The molecule has 2 rings (SSSR count). The standard InChI is InChI=1S/C12H11N/c1-2-3-7-11-9-10-6-4-5-8-12(10)13-11/h3-8,13H,1,9H2/b11-7-. The highest BCUT2D eigenvalue weighted by molar-refractivity contribution is 5.62. The average molecular weight is 169 g/mol. The van der Waals surface area contributed by atoms with E-state index in [1.807, 2.05) is 18.2 Å². The van der Waals surface area contributed by atoms with Crippen LogP contribution in [0.3, 0.4) is 0 Å². The molecule has 1 aliphatic heterocycles. The summed E-state index contributed by atoms with van der Waals surface area (Å²) < 4.78 is 0. The molecule has 1 heteroatoms. The summed E-state index contributed by atoms with van der Waals surface area (Å²) in [6.45, 7) is 3.52. The molecule has 64 valence electrons. The Hall–Kier alpha value is -1.72. The largest absolute Gasteiger partial charge is 0.358 e. The highest BCUT2D eigenvalue weighted by Gasteiger charge is 2.11. The van der Waals surface area contributed by atoms with Gasteiger partial charge in [0.15, 0.2) is 0 Å². The van der Waals surface area contributed by atoms with Crippen LogP contribution < -0.4 is 5.32 Å². The highest BCUT2D eigenvalue weighted by atomic mass is 14.9. The maximum Gasteiger partial charge on any atom is 0.0418 e. The molecule has 0 unspecified atom stereocenters. The summed E-state index contributed by atoms with van der Waals surface area (Å²) in [6, 6.07) is 8.33. The summed E-state index contributed by atoms with van der Waals surface area (Å²) in [5, 5.41) is 3.33. The van der Waals surface area contributed by atoms with E-state index in [9.17, 15) is 0 Å². The van der Waals surface area contributed by atoms with Gasteiger partial charge in [0.1, 0.15) is 0 Å². The fourth-order valence-electron chi connectivity index (χ4n) is 1.48. The SMILES string of the molecule is C=C=C/C=C1/Cc2ccccc2N1. The maximum atomic E-state index is 3.52. The quantitative estimate of drug-likeness (QED) is 0.637. The Kier molecular flexibility index (Phi) is 2.03. The van der Waals surface area contributed by atoms with Crippen molar-refractivity contribution < 1.29 is 0 Å². The predicted octanol–water partition coefficient (Wildman–Crippen LogP) is 2.88. The summed E-state index contributed by atoms with van der Waals surface area (Å²) in [5.41, 5.74) is 6.50. The van der Waals surface area contributed by atoms with Gasteiger partial charge in [-0.15, -0.1) is 5.73 Å². The molecule has 1 heterocycles. The zero-order valence-electron chi connectivity index (χ0n) is 7.38. The van der Waals surface area contributed by atoms with Crippen LogP contribution in [0.2, 0.25) is 0 Å². The maximum absolute atomic E-state index is 3.52. The Morgan fingerprint density at radius 2 is 2.23 bits per heavy atom. The second-order valence-electron chi connectivity index (χ2n) is 3.02. The van der Waals surface area contributed by atoms with E-state index in [1.165, 1.54) is 16.9 Å². The van der Waals surface area contributed by atoms with E-state index < -0.39 is 0 Å². The van der Waals surface area contributed by atoms with Crippen molar-refractivity contribution in [3.05, 3.63) is 60.0 Å².